The number of carbonyl (C=O) groups excluding carboxylic acids is 1. The van der Waals surface area contributed by atoms with Crippen LogP contribution in [0.5, 0.6) is 0 Å². The quantitative estimate of drug-likeness (QED) is 0.794. The Bertz CT molecular complexity index is 824. The summed E-state index contributed by atoms with van der Waals surface area (Å²) in [6, 6.07) is -0.665. The lowest BCUT2D eigenvalue weighted by molar-refractivity contribution is -0.152. The highest BCUT2D eigenvalue weighted by Gasteiger charge is 2.26. The first-order chi connectivity index (χ1) is 11.4. The molecule has 2 heterocycles. The Morgan fingerprint density at radius 1 is 1.50 bits per heavy atom. The van der Waals surface area contributed by atoms with Crippen molar-refractivity contribution in [2.24, 2.45) is 5.92 Å². The molecule has 24 heavy (non-hydrogen) atoms. The van der Waals surface area contributed by atoms with Gasteiger partial charge in [-0.15, -0.1) is 11.3 Å². The Labute approximate surface area is 145 Å². The predicted octanol–water partition coefficient (Wildman–Crippen LogP) is 3.49. The molecular weight excluding hydrogens is 324 g/mol. The van der Waals surface area contributed by atoms with Gasteiger partial charge in [-0.3, -0.25) is 9.36 Å². The van der Waals surface area contributed by atoms with Crippen molar-refractivity contribution in [1.29, 1.82) is 0 Å². The second-order valence-corrected chi connectivity index (χ2v) is 7.90. The summed E-state index contributed by atoms with van der Waals surface area (Å²) in [5, 5.41) is 0.701. The Morgan fingerprint density at radius 2 is 2.25 bits per heavy atom. The molecule has 2 aromatic heterocycles. The maximum Gasteiger partial charge on any atom is 0.329 e. The van der Waals surface area contributed by atoms with Crippen LogP contribution in [0.4, 0.5) is 0 Å². The molecule has 0 spiro atoms. The summed E-state index contributed by atoms with van der Waals surface area (Å²) in [5.74, 6) is 0.266. The zero-order chi connectivity index (χ0) is 17.4. The van der Waals surface area contributed by atoms with E-state index >= 15 is 0 Å². The van der Waals surface area contributed by atoms with Crippen LogP contribution in [0.1, 0.15) is 57.0 Å². The average molecular weight is 348 g/mol. The Hall–Kier alpha value is -1.69. The monoisotopic (exact) mass is 348 g/mol. The van der Waals surface area contributed by atoms with Crippen LogP contribution in [0.15, 0.2) is 11.1 Å². The summed E-state index contributed by atoms with van der Waals surface area (Å²) in [7, 11) is 0. The van der Waals surface area contributed by atoms with Crippen LogP contribution in [0, 0.1) is 5.92 Å². The first kappa shape index (κ1) is 17.1. The zero-order valence-corrected chi connectivity index (χ0v) is 15.5. The molecule has 0 unspecified atom stereocenters. The summed E-state index contributed by atoms with van der Waals surface area (Å²) in [5.41, 5.74) is 1.02. The summed E-state index contributed by atoms with van der Waals surface area (Å²) in [4.78, 5) is 31.7. The molecule has 0 aliphatic heterocycles. The van der Waals surface area contributed by atoms with Gasteiger partial charge in [0.2, 0.25) is 0 Å². The molecule has 2 aromatic rings. The third-order valence-electron chi connectivity index (χ3n) is 4.89. The topological polar surface area (TPSA) is 61.2 Å². The standard InChI is InChI=1S/C18H24N2O3S/c1-5-11(3)23-18(22)12(4)20-9-19-16-15(17(20)21)13-7-6-10(2)8-14(13)24-16/h9-12H,5-8H2,1-4H3/t10-,11+,12+/m0/s1. The minimum Gasteiger partial charge on any atom is -0.461 e. The van der Waals surface area contributed by atoms with E-state index in [0.717, 1.165) is 36.1 Å². The van der Waals surface area contributed by atoms with Crippen molar-refractivity contribution in [1.82, 2.24) is 9.55 Å². The van der Waals surface area contributed by atoms with Crippen molar-refractivity contribution < 1.29 is 9.53 Å². The van der Waals surface area contributed by atoms with E-state index in [4.69, 9.17) is 4.74 Å². The Kier molecular flexibility index (Phi) is 4.76. The molecule has 0 saturated heterocycles. The van der Waals surface area contributed by atoms with Gasteiger partial charge < -0.3 is 4.74 Å². The van der Waals surface area contributed by atoms with Crippen LogP contribution in [0.25, 0.3) is 10.2 Å². The van der Waals surface area contributed by atoms with Crippen LogP contribution < -0.4 is 5.56 Å². The van der Waals surface area contributed by atoms with E-state index in [2.05, 4.69) is 11.9 Å². The van der Waals surface area contributed by atoms with E-state index in [9.17, 15) is 9.59 Å². The van der Waals surface area contributed by atoms with Gasteiger partial charge in [-0.25, -0.2) is 9.78 Å². The first-order valence-electron chi connectivity index (χ1n) is 8.64. The lowest BCUT2D eigenvalue weighted by atomic mass is 9.89. The molecule has 0 N–H and O–H groups in total. The molecule has 1 aliphatic carbocycles. The van der Waals surface area contributed by atoms with Crippen LogP contribution in [0.3, 0.4) is 0 Å². The van der Waals surface area contributed by atoms with Gasteiger partial charge in [-0.2, -0.15) is 0 Å². The summed E-state index contributed by atoms with van der Waals surface area (Å²) >= 11 is 1.62. The fourth-order valence-corrected chi connectivity index (χ4v) is 4.45. The Balaban J connectivity index is 2.00. The molecule has 3 atom stereocenters. The molecule has 0 bridgehead atoms. The number of fused-ring (bicyclic) bond motifs is 3. The molecular formula is C18H24N2O3S. The van der Waals surface area contributed by atoms with E-state index in [1.807, 2.05) is 13.8 Å². The zero-order valence-electron chi connectivity index (χ0n) is 14.7. The normalized spacial score (nSPS) is 19.8. The second kappa shape index (κ2) is 6.67. The van der Waals surface area contributed by atoms with E-state index in [1.54, 1.807) is 18.3 Å². The van der Waals surface area contributed by atoms with Crippen LogP contribution in [0.2, 0.25) is 0 Å². The van der Waals surface area contributed by atoms with Crippen molar-refractivity contribution in [2.45, 2.75) is 65.5 Å². The molecule has 6 heteroatoms. The smallest absolute Gasteiger partial charge is 0.329 e. The largest absolute Gasteiger partial charge is 0.461 e. The number of carbonyl (C=O) groups is 1. The summed E-state index contributed by atoms with van der Waals surface area (Å²) < 4.78 is 6.78. The number of nitrogens with zero attached hydrogens (tertiary/aromatic N) is 2. The highest BCUT2D eigenvalue weighted by Crippen LogP contribution is 2.35. The number of esters is 1. The lowest BCUT2D eigenvalue weighted by Crippen LogP contribution is -2.31. The maximum absolute atomic E-state index is 13.0. The molecule has 5 nitrogen and oxygen atoms in total. The van der Waals surface area contributed by atoms with Crippen molar-refractivity contribution >= 4 is 27.5 Å². The first-order valence-corrected chi connectivity index (χ1v) is 9.45. The lowest BCUT2D eigenvalue weighted by Gasteiger charge is -2.18. The van der Waals surface area contributed by atoms with Gasteiger partial charge >= 0.3 is 5.97 Å². The van der Waals surface area contributed by atoms with Crippen molar-refractivity contribution in [2.75, 3.05) is 0 Å². The number of ether oxygens (including phenoxy) is 1. The summed E-state index contributed by atoms with van der Waals surface area (Å²) in [6.07, 6.45) is 5.12. The minimum atomic E-state index is -0.665. The van der Waals surface area contributed by atoms with Crippen LogP contribution in [-0.4, -0.2) is 21.6 Å². The maximum atomic E-state index is 13.0. The van der Waals surface area contributed by atoms with Crippen molar-refractivity contribution in [3.63, 3.8) is 0 Å². The van der Waals surface area contributed by atoms with Gasteiger partial charge in [-0.05, 0) is 51.0 Å². The molecule has 0 radical (unpaired) electrons. The fourth-order valence-electron chi connectivity index (χ4n) is 3.11. The van der Waals surface area contributed by atoms with Crippen LogP contribution >= 0.6 is 11.3 Å². The third-order valence-corrected chi connectivity index (χ3v) is 6.05. The SMILES string of the molecule is CC[C@@H](C)OC(=O)[C@@H](C)n1cnc2sc3c(c2c1=O)CC[C@H](C)C3. The van der Waals surface area contributed by atoms with Crippen molar-refractivity contribution in [3.8, 4) is 0 Å². The van der Waals surface area contributed by atoms with E-state index in [1.165, 1.54) is 15.8 Å². The van der Waals surface area contributed by atoms with Crippen molar-refractivity contribution in [3.05, 3.63) is 27.1 Å². The number of hydrogen-bond acceptors (Lipinski definition) is 5. The molecule has 3 rings (SSSR count). The minimum absolute atomic E-state index is 0.124. The molecule has 0 amide bonds. The van der Waals surface area contributed by atoms with E-state index < -0.39 is 6.04 Å². The molecule has 0 aromatic carbocycles. The van der Waals surface area contributed by atoms with Crippen LogP contribution in [-0.2, 0) is 22.4 Å². The second-order valence-electron chi connectivity index (χ2n) is 6.82. The van der Waals surface area contributed by atoms with Gasteiger partial charge in [0.05, 0.1) is 17.8 Å². The predicted molar refractivity (Wildman–Crippen MR) is 95.6 cm³/mol. The number of hydrogen-bond donors (Lipinski definition) is 0. The van der Waals surface area contributed by atoms with E-state index in [-0.39, 0.29) is 17.6 Å². The molecule has 1 aliphatic rings. The summed E-state index contributed by atoms with van der Waals surface area (Å²) in [6.45, 7) is 7.75. The number of aromatic nitrogens is 2. The van der Waals surface area contributed by atoms with E-state index in [0.29, 0.717) is 11.3 Å². The molecule has 130 valence electrons. The number of aryl methyl sites for hydroxylation is 1. The van der Waals surface area contributed by atoms with Gasteiger partial charge in [0, 0.05) is 4.88 Å². The molecule has 0 saturated carbocycles. The van der Waals surface area contributed by atoms with Gasteiger partial charge in [-0.1, -0.05) is 13.8 Å². The highest BCUT2D eigenvalue weighted by molar-refractivity contribution is 7.18. The van der Waals surface area contributed by atoms with Gasteiger partial charge in [0.1, 0.15) is 10.9 Å². The molecule has 0 fully saturated rings. The number of thiophene rings is 1. The third kappa shape index (κ3) is 2.99. The fraction of sp³-hybridized carbons (Fsp3) is 0.611. The highest BCUT2D eigenvalue weighted by atomic mass is 32.1. The van der Waals surface area contributed by atoms with Gasteiger partial charge in [0.25, 0.3) is 5.56 Å². The number of rotatable bonds is 4. The Morgan fingerprint density at radius 3 is 2.96 bits per heavy atom. The van der Waals surface area contributed by atoms with Gasteiger partial charge in [0.15, 0.2) is 0 Å². The average Bonchev–Trinajstić information content (AvgIpc) is 2.92.